The van der Waals surface area contributed by atoms with Gasteiger partial charge >= 0.3 is 0 Å². The van der Waals surface area contributed by atoms with Crippen molar-refractivity contribution < 1.29 is 0 Å². The Bertz CT molecular complexity index is 365. The third-order valence-electron chi connectivity index (χ3n) is 3.58. The maximum Gasteiger partial charge on any atom is 0.128 e. The van der Waals surface area contributed by atoms with Crippen LogP contribution in [0.15, 0.2) is 18.2 Å². The van der Waals surface area contributed by atoms with Gasteiger partial charge in [-0.25, -0.2) is 4.98 Å². The number of rotatable bonds is 2. The van der Waals surface area contributed by atoms with Crippen LogP contribution in [0.5, 0.6) is 0 Å². The second-order valence-electron chi connectivity index (χ2n) is 4.89. The Labute approximate surface area is 97.1 Å². The lowest BCUT2D eigenvalue weighted by molar-refractivity contribution is 0.247. The van der Waals surface area contributed by atoms with E-state index < -0.39 is 0 Å². The zero-order valence-electron chi connectivity index (χ0n) is 9.89. The van der Waals surface area contributed by atoms with Gasteiger partial charge in [-0.3, -0.25) is 4.90 Å². The summed E-state index contributed by atoms with van der Waals surface area (Å²) < 4.78 is 0. The van der Waals surface area contributed by atoms with Gasteiger partial charge in [0.1, 0.15) is 5.82 Å². The van der Waals surface area contributed by atoms with Gasteiger partial charge in [0, 0.05) is 37.9 Å². The van der Waals surface area contributed by atoms with Crippen LogP contribution in [0.2, 0.25) is 0 Å². The van der Waals surface area contributed by atoms with Gasteiger partial charge in [0.25, 0.3) is 0 Å². The minimum atomic E-state index is 0.910. The van der Waals surface area contributed by atoms with Crippen molar-refractivity contribution >= 4 is 5.82 Å². The Balaban J connectivity index is 1.64. The summed E-state index contributed by atoms with van der Waals surface area (Å²) in [4.78, 5) is 9.63. The van der Waals surface area contributed by atoms with Crippen LogP contribution in [0, 0.1) is 6.92 Å². The topological polar surface area (TPSA) is 19.4 Å². The van der Waals surface area contributed by atoms with Crippen molar-refractivity contribution in [1.82, 2.24) is 9.88 Å². The molecule has 1 aliphatic carbocycles. The monoisotopic (exact) mass is 217 g/mol. The number of hydrogen-bond donors (Lipinski definition) is 0. The smallest absolute Gasteiger partial charge is 0.128 e. The van der Waals surface area contributed by atoms with Gasteiger partial charge in [0.2, 0.25) is 0 Å². The SMILES string of the molecule is Cc1cccc(N2CCN(C3CC3)CC2)n1. The van der Waals surface area contributed by atoms with Crippen LogP contribution < -0.4 is 4.90 Å². The van der Waals surface area contributed by atoms with Crippen molar-refractivity contribution in [2.45, 2.75) is 25.8 Å². The van der Waals surface area contributed by atoms with Crippen molar-refractivity contribution in [1.29, 1.82) is 0 Å². The first kappa shape index (κ1) is 10.1. The Morgan fingerprint density at radius 1 is 1.12 bits per heavy atom. The van der Waals surface area contributed by atoms with Crippen molar-refractivity contribution in [3.05, 3.63) is 23.9 Å². The molecule has 1 aromatic heterocycles. The summed E-state index contributed by atoms with van der Waals surface area (Å²) in [5, 5.41) is 0. The lowest BCUT2D eigenvalue weighted by Gasteiger charge is -2.35. The highest BCUT2D eigenvalue weighted by molar-refractivity contribution is 5.39. The van der Waals surface area contributed by atoms with Crippen LogP contribution >= 0.6 is 0 Å². The first-order valence-corrected chi connectivity index (χ1v) is 6.25. The Hall–Kier alpha value is -1.09. The molecule has 1 aliphatic heterocycles. The molecule has 16 heavy (non-hydrogen) atoms. The van der Waals surface area contributed by atoms with E-state index in [1.807, 2.05) is 0 Å². The maximum atomic E-state index is 4.59. The van der Waals surface area contributed by atoms with Crippen molar-refractivity contribution in [3.63, 3.8) is 0 Å². The zero-order chi connectivity index (χ0) is 11.0. The molecule has 0 amide bonds. The number of pyridine rings is 1. The number of aromatic nitrogens is 1. The molecule has 2 heterocycles. The van der Waals surface area contributed by atoms with Gasteiger partial charge < -0.3 is 4.90 Å². The van der Waals surface area contributed by atoms with Crippen LogP contribution in [-0.4, -0.2) is 42.1 Å². The van der Waals surface area contributed by atoms with Crippen LogP contribution in [0.3, 0.4) is 0 Å². The molecule has 1 saturated carbocycles. The maximum absolute atomic E-state index is 4.59. The second kappa shape index (κ2) is 4.06. The van der Waals surface area contributed by atoms with Gasteiger partial charge in [0.15, 0.2) is 0 Å². The minimum absolute atomic E-state index is 0.910. The fourth-order valence-electron chi connectivity index (χ4n) is 2.46. The van der Waals surface area contributed by atoms with Crippen molar-refractivity contribution in [2.24, 2.45) is 0 Å². The standard InChI is InChI=1S/C13H19N3/c1-11-3-2-4-13(14-11)16-9-7-15(8-10-16)12-5-6-12/h2-4,12H,5-10H2,1H3. The van der Waals surface area contributed by atoms with E-state index in [0.717, 1.165) is 30.6 Å². The van der Waals surface area contributed by atoms with E-state index in [-0.39, 0.29) is 0 Å². The first-order valence-electron chi connectivity index (χ1n) is 6.25. The van der Waals surface area contributed by atoms with Crippen LogP contribution in [0.4, 0.5) is 5.82 Å². The molecule has 1 aromatic rings. The number of nitrogens with zero attached hydrogens (tertiary/aromatic N) is 3. The van der Waals surface area contributed by atoms with Crippen LogP contribution in [-0.2, 0) is 0 Å². The highest BCUT2D eigenvalue weighted by Crippen LogP contribution is 2.28. The molecule has 2 fully saturated rings. The summed E-state index contributed by atoms with van der Waals surface area (Å²) in [7, 11) is 0. The largest absolute Gasteiger partial charge is 0.354 e. The molecule has 0 spiro atoms. The van der Waals surface area contributed by atoms with Gasteiger partial charge in [0.05, 0.1) is 0 Å². The van der Waals surface area contributed by atoms with Gasteiger partial charge in [-0.2, -0.15) is 0 Å². The molecule has 0 bridgehead atoms. The highest BCUT2D eigenvalue weighted by atomic mass is 15.3. The lowest BCUT2D eigenvalue weighted by Crippen LogP contribution is -2.47. The molecule has 1 saturated heterocycles. The van der Waals surface area contributed by atoms with Crippen LogP contribution in [0.25, 0.3) is 0 Å². The molecule has 0 unspecified atom stereocenters. The van der Waals surface area contributed by atoms with E-state index in [1.54, 1.807) is 0 Å². The average molecular weight is 217 g/mol. The third-order valence-corrected chi connectivity index (χ3v) is 3.58. The minimum Gasteiger partial charge on any atom is -0.354 e. The molecule has 0 atom stereocenters. The van der Waals surface area contributed by atoms with E-state index in [1.165, 1.54) is 25.9 Å². The molecule has 86 valence electrons. The predicted octanol–water partition coefficient (Wildman–Crippen LogP) is 1.67. The average Bonchev–Trinajstić information content (AvgIpc) is 3.13. The number of aryl methyl sites for hydroxylation is 1. The van der Waals surface area contributed by atoms with Gasteiger partial charge in [-0.05, 0) is 31.9 Å². The number of hydrogen-bond acceptors (Lipinski definition) is 3. The third kappa shape index (κ3) is 2.05. The van der Waals surface area contributed by atoms with Crippen LogP contribution in [0.1, 0.15) is 18.5 Å². The molecule has 2 aliphatic rings. The predicted molar refractivity (Wildman–Crippen MR) is 65.8 cm³/mol. The Morgan fingerprint density at radius 2 is 1.88 bits per heavy atom. The molecule has 0 N–H and O–H groups in total. The van der Waals surface area contributed by atoms with E-state index in [9.17, 15) is 0 Å². The van der Waals surface area contributed by atoms with Crippen molar-refractivity contribution in [3.8, 4) is 0 Å². The molecule has 3 heteroatoms. The molecular formula is C13H19N3. The Morgan fingerprint density at radius 3 is 2.50 bits per heavy atom. The van der Waals surface area contributed by atoms with E-state index in [0.29, 0.717) is 0 Å². The summed E-state index contributed by atoms with van der Waals surface area (Å²) in [6.45, 7) is 6.74. The Kier molecular flexibility index (Phi) is 2.56. The normalized spacial score (nSPS) is 22.4. The molecule has 3 rings (SSSR count). The summed E-state index contributed by atoms with van der Waals surface area (Å²) in [6, 6.07) is 7.20. The lowest BCUT2D eigenvalue weighted by atomic mass is 10.3. The molecule has 0 aromatic carbocycles. The van der Waals surface area contributed by atoms with Crippen molar-refractivity contribution in [2.75, 3.05) is 31.1 Å². The fourth-order valence-corrected chi connectivity index (χ4v) is 2.46. The van der Waals surface area contributed by atoms with Gasteiger partial charge in [-0.1, -0.05) is 6.07 Å². The first-order chi connectivity index (χ1) is 7.83. The zero-order valence-corrected chi connectivity index (χ0v) is 9.89. The second-order valence-corrected chi connectivity index (χ2v) is 4.89. The number of anilines is 1. The summed E-state index contributed by atoms with van der Waals surface area (Å²) >= 11 is 0. The molecular weight excluding hydrogens is 198 g/mol. The summed E-state index contributed by atoms with van der Waals surface area (Å²) in [5.41, 5.74) is 1.11. The van der Waals surface area contributed by atoms with E-state index in [4.69, 9.17) is 0 Å². The quantitative estimate of drug-likeness (QED) is 0.751. The highest BCUT2D eigenvalue weighted by Gasteiger charge is 2.31. The van der Waals surface area contributed by atoms with E-state index >= 15 is 0 Å². The fraction of sp³-hybridized carbons (Fsp3) is 0.615. The summed E-state index contributed by atoms with van der Waals surface area (Å²) in [5.74, 6) is 1.15. The molecule has 0 radical (unpaired) electrons. The van der Waals surface area contributed by atoms with Gasteiger partial charge in [-0.15, -0.1) is 0 Å². The van der Waals surface area contributed by atoms with E-state index in [2.05, 4.69) is 39.9 Å². The number of piperazine rings is 1. The summed E-state index contributed by atoms with van der Waals surface area (Å²) in [6.07, 6.45) is 2.84. The molecule has 3 nitrogen and oxygen atoms in total.